The van der Waals surface area contributed by atoms with E-state index in [4.69, 9.17) is 5.11 Å². The molecule has 3 nitrogen and oxygen atoms in total. The molecule has 0 atom stereocenters. The fraction of sp³-hybridized carbons (Fsp3) is 0.571. The molecule has 0 saturated heterocycles. The largest absolute Gasteiger partial charge is 0.390 e. The molecule has 0 unspecified atom stereocenters. The maximum atomic E-state index is 8.80. The third kappa shape index (κ3) is 2.04. The summed E-state index contributed by atoms with van der Waals surface area (Å²) < 4.78 is 0.725. The minimum atomic E-state index is 0.0112. The molecule has 62 valence electrons. The van der Waals surface area contributed by atoms with Gasteiger partial charge in [0.25, 0.3) is 0 Å². The topological polar surface area (TPSA) is 48.9 Å². The van der Waals surface area contributed by atoms with Crippen molar-refractivity contribution >= 4 is 15.9 Å². The minimum Gasteiger partial charge on any atom is -0.390 e. The first-order valence-corrected chi connectivity index (χ1v) is 4.41. The number of imidazole rings is 1. The Kier molecular flexibility index (Phi) is 3.08. The molecule has 2 N–H and O–H groups in total. The van der Waals surface area contributed by atoms with Crippen molar-refractivity contribution in [2.75, 3.05) is 0 Å². The molecule has 1 rings (SSSR count). The summed E-state index contributed by atoms with van der Waals surface area (Å²) in [7, 11) is 0. The number of nitrogens with zero attached hydrogens (tertiary/aromatic N) is 1. The summed E-state index contributed by atoms with van der Waals surface area (Å²) in [5.74, 6) is 0.934. The van der Waals surface area contributed by atoms with Crippen molar-refractivity contribution < 1.29 is 5.11 Å². The normalized spacial score (nSPS) is 10.5. The second-order valence-electron chi connectivity index (χ2n) is 2.36. The number of aromatic amines is 1. The zero-order chi connectivity index (χ0) is 8.27. The number of aromatic nitrogens is 2. The van der Waals surface area contributed by atoms with E-state index >= 15 is 0 Å². The van der Waals surface area contributed by atoms with Gasteiger partial charge in [0.2, 0.25) is 0 Å². The van der Waals surface area contributed by atoms with Gasteiger partial charge in [-0.05, 0) is 22.4 Å². The number of hydrogen-bond acceptors (Lipinski definition) is 2. The van der Waals surface area contributed by atoms with E-state index in [0.29, 0.717) is 0 Å². The van der Waals surface area contributed by atoms with Crippen molar-refractivity contribution in [1.29, 1.82) is 0 Å². The number of hydrogen-bond donors (Lipinski definition) is 2. The molecular weight excluding hydrogens is 208 g/mol. The molecule has 0 fully saturated rings. The minimum absolute atomic E-state index is 0.0112. The van der Waals surface area contributed by atoms with Crippen LogP contribution in [-0.2, 0) is 13.0 Å². The van der Waals surface area contributed by atoms with Gasteiger partial charge in [-0.25, -0.2) is 4.98 Å². The lowest BCUT2D eigenvalue weighted by atomic mass is 10.3. The van der Waals surface area contributed by atoms with Gasteiger partial charge >= 0.3 is 0 Å². The van der Waals surface area contributed by atoms with Crippen molar-refractivity contribution in [2.24, 2.45) is 0 Å². The van der Waals surface area contributed by atoms with Crippen LogP contribution in [0.25, 0.3) is 0 Å². The molecule has 0 aliphatic carbocycles. The van der Waals surface area contributed by atoms with Crippen LogP contribution in [0, 0.1) is 0 Å². The SMILES string of the molecule is CCCc1nc(Br)c(CO)[nH]1. The second kappa shape index (κ2) is 3.88. The smallest absolute Gasteiger partial charge is 0.129 e. The Balaban J connectivity index is 2.77. The van der Waals surface area contributed by atoms with Crippen molar-refractivity contribution in [1.82, 2.24) is 9.97 Å². The fourth-order valence-corrected chi connectivity index (χ4v) is 1.34. The van der Waals surface area contributed by atoms with Gasteiger partial charge in [0.1, 0.15) is 10.4 Å². The maximum absolute atomic E-state index is 8.80. The Hall–Kier alpha value is -0.350. The molecule has 4 heteroatoms. The third-order valence-corrected chi connectivity index (χ3v) is 2.08. The summed E-state index contributed by atoms with van der Waals surface area (Å²) in [5, 5.41) is 8.80. The lowest BCUT2D eigenvalue weighted by Crippen LogP contribution is -1.86. The van der Waals surface area contributed by atoms with Crippen LogP contribution in [0.3, 0.4) is 0 Å². The summed E-state index contributed by atoms with van der Waals surface area (Å²) in [4.78, 5) is 7.20. The van der Waals surface area contributed by atoms with E-state index in [-0.39, 0.29) is 6.61 Å². The predicted octanol–water partition coefficient (Wildman–Crippen LogP) is 1.62. The van der Waals surface area contributed by atoms with E-state index in [0.717, 1.165) is 29.0 Å². The number of aryl methyl sites for hydroxylation is 1. The van der Waals surface area contributed by atoms with Gasteiger partial charge in [0.15, 0.2) is 0 Å². The number of nitrogens with one attached hydrogen (secondary N) is 1. The zero-order valence-electron chi connectivity index (χ0n) is 6.39. The highest BCUT2D eigenvalue weighted by Gasteiger charge is 2.04. The second-order valence-corrected chi connectivity index (χ2v) is 3.11. The molecule has 11 heavy (non-hydrogen) atoms. The Morgan fingerprint density at radius 3 is 2.82 bits per heavy atom. The van der Waals surface area contributed by atoms with E-state index in [1.807, 2.05) is 0 Å². The molecule has 0 radical (unpaired) electrons. The van der Waals surface area contributed by atoms with Gasteiger partial charge < -0.3 is 10.1 Å². The van der Waals surface area contributed by atoms with E-state index in [2.05, 4.69) is 32.8 Å². The summed E-state index contributed by atoms with van der Waals surface area (Å²) in [6.45, 7) is 2.10. The van der Waals surface area contributed by atoms with Crippen LogP contribution in [0.5, 0.6) is 0 Å². The Bertz CT molecular complexity index is 234. The molecule has 0 aliphatic heterocycles. The molecule has 0 bridgehead atoms. The molecule has 0 spiro atoms. The summed E-state index contributed by atoms with van der Waals surface area (Å²) in [6.07, 6.45) is 1.99. The van der Waals surface area contributed by atoms with E-state index in [9.17, 15) is 0 Å². The van der Waals surface area contributed by atoms with Crippen molar-refractivity contribution in [2.45, 2.75) is 26.4 Å². The van der Waals surface area contributed by atoms with Gasteiger partial charge in [0, 0.05) is 6.42 Å². The van der Waals surface area contributed by atoms with Crippen molar-refractivity contribution in [3.63, 3.8) is 0 Å². The average molecular weight is 219 g/mol. The number of halogens is 1. The highest BCUT2D eigenvalue weighted by Crippen LogP contribution is 2.13. The first-order valence-electron chi connectivity index (χ1n) is 3.62. The fourth-order valence-electron chi connectivity index (χ4n) is 0.900. The first-order chi connectivity index (χ1) is 5.27. The molecule has 1 aromatic rings. The van der Waals surface area contributed by atoms with Crippen LogP contribution >= 0.6 is 15.9 Å². The molecular formula is C7H11BrN2O. The Morgan fingerprint density at radius 2 is 2.36 bits per heavy atom. The molecule has 0 saturated carbocycles. The number of aliphatic hydroxyl groups is 1. The quantitative estimate of drug-likeness (QED) is 0.811. The van der Waals surface area contributed by atoms with E-state index < -0.39 is 0 Å². The van der Waals surface area contributed by atoms with Gasteiger partial charge in [-0.3, -0.25) is 0 Å². The number of rotatable bonds is 3. The van der Waals surface area contributed by atoms with Crippen molar-refractivity contribution in [3.05, 3.63) is 16.1 Å². The number of H-pyrrole nitrogens is 1. The van der Waals surface area contributed by atoms with Gasteiger partial charge in [-0.15, -0.1) is 0 Å². The molecule has 0 amide bonds. The predicted molar refractivity (Wildman–Crippen MR) is 46.2 cm³/mol. The Labute approximate surface area is 74.0 Å². The maximum Gasteiger partial charge on any atom is 0.129 e. The van der Waals surface area contributed by atoms with Gasteiger partial charge in [-0.1, -0.05) is 6.92 Å². The first kappa shape index (κ1) is 8.74. The summed E-state index contributed by atoms with van der Waals surface area (Å²) in [5.41, 5.74) is 0.758. The summed E-state index contributed by atoms with van der Waals surface area (Å²) >= 11 is 3.24. The van der Waals surface area contributed by atoms with Crippen LogP contribution in [0.2, 0.25) is 0 Å². The highest BCUT2D eigenvalue weighted by molar-refractivity contribution is 9.10. The van der Waals surface area contributed by atoms with E-state index in [1.165, 1.54) is 0 Å². The molecule has 0 aliphatic rings. The lowest BCUT2D eigenvalue weighted by molar-refractivity contribution is 0.276. The van der Waals surface area contributed by atoms with Crippen LogP contribution < -0.4 is 0 Å². The van der Waals surface area contributed by atoms with Gasteiger partial charge in [0.05, 0.1) is 12.3 Å². The highest BCUT2D eigenvalue weighted by atomic mass is 79.9. The number of aliphatic hydroxyl groups excluding tert-OH is 1. The van der Waals surface area contributed by atoms with Crippen LogP contribution in [0.4, 0.5) is 0 Å². The standard InChI is InChI=1S/C7H11BrN2O/c1-2-3-6-9-5(4-11)7(8)10-6/h11H,2-4H2,1H3,(H,9,10). The zero-order valence-corrected chi connectivity index (χ0v) is 7.98. The third-order valence-electron chi connectivity index (χ3n) is 1.42. The Morgan fingerprint density at radius 1 is 1.64 bits per heavy atom. The van der Waals surface area contributed by atoms with E-state index in [1.54, 1.807) is 0 Å². The average Bonchev–Trinajstić information content (AvgIpc) is 2.32. The van der Waals surface area contributed by atoms with Crippen LogP contribution in [0.1, 0.15) is 24.9 Å². The van der Waals surface area contributed by atoms with Crippen LogP contribution in [0.15, 0.2) is 4.60 Å². The molecule has 1 heterocycles. The van der Waals surface area contributed by atoms with Crippen LogP contribution in [-0.4, -0.2) is 15.1 Å². The summed E-state index contributed by atoms with van der Waals surface area (Å²) in [6, 6.07) is 0. The molecule has 1 aromatic heterocycles. The lowest BCUT2D eigenvalue weighted by Gasteiger charge is -1.89. The van der Waals surface area contributed by atoms with Gasteiger partial charge in [-0.2, -0.15) is 0 Å². The van der Waals surface area contributed by atoms with Crippen molar-refractivity contribution in [3.8, 4) is 0 Å². The molecule has 0 aromatic carbocycles. The monoisotopic (exact) mass is 218 g/mol.